The Bertz CT molecular complexity index is 561. The van der Waals surface area contributed by atoms with Gasteiger partial charge >= 0.3 is 0 Å². The summed E-state index contributed by atoms with van der Waals surface area (Å²) in [6.07, 6.45) is 1.93. The van der Waals surface area contributed by atoms with Crippen LogP contribution in [0.4, 0.5) is 0 Å². The number of carbonyl (C=O) groups excluding carboxylic acids is 1. The second-order valence-electron chi connectivity index (χ2n) is 4.86. The van der Waals surface area contributed by atoms with Crippen LogP contribution in [-0.4, -0.2) is 12.5 Å². The number of aryl methyl sites for hydroxylation is 2. The molecule has 0 spiro atoms. The van der Waals surface area contributed by atoms with E-state index in [1.807, 2.05) is 43.3 Å². The summed E-state index contributed by atoms with van der Waals surface area (Å²) in [5, 5.41) is 2.96. The number of halogens is 1. The van der Waals surface area contributed by atoms with Gasteiger partial charge in [0, 0.05) is 16.6 Å². The van der Waals surface area contributed by atoms with Crippen molar-refractivity contribution in [1.82, 2.24) is 5.32 Å². The number of benzene rings is 2. The summed E-state index contributed by atoms with van der Waals surface area (Å²) < 4.78 is 0.937. The monoisotopic (exact) mass is 331 g/mol. The predicted octanol–water partition coefficient (Wildman–Crippen LogP) is 4.12. The Kier molecular flexibility index (Phi) is 5.36. The average Bonchev–Trinajstić information content (AvgIpc) is 2.43. The van der Waals surface area contributed by atoms with Crippen LogP contribution >= 0.6 is 15.9 Å². The topological polar surface area (TPSA) is 29.1 Å². The van der Waals surface area contributed by atoms with Gasteiger partial charge in [0.2, 0.25) is 0 Å². The van der Waals surface area contributed by atoms with Gasteiger partial charge in [0.05, 0.1) is 0 Å². The summed E-state index contributed by atoms with van der Waals surface area (Å²) in [6.45, 7) is 2.68. The lowest BCUT2D eigenvalue weighted by Crippen LogP contribution is -2.24. The highest BCUT2D eigenvalue weighted by molar-refractivity contribution is 9.10. The molecular weight excluding hydrogens is 314 g/mol. The SMILES string of the molecule is Cc1cc(Br)cc(C(=O)NCCCc2ccccc2)c1. The normalized spacial score (nSPS) is 10.3. The van der Waals surface area contributed by atoms with E-state index in [4.69, 9.17) is 0 Å². The van der Waals surface area contributed by atoms with E-state index in [-0.39, 0.29) is 5.91 Å². The molecule has 0 unspecified atom stereocenters. The summed E-state index contributed by atoms with van der Waals surface area (Å²) >= 11 is 3.41. The van der Waals surface area contributed by atoms with Gasteiger partial charge in [0.25, 0.3) is 5.91 Å². The summed E-state index contributed by atoms with van der Waals surface area (Å²) in [5.41, 5.74) is 3.09. The molecule has 0 aromatic heterocycles. The number of rotatable bonds is 5. The second-order valence-corrected chi connectivity index (χ2v) is 5.78. The number of hydrogen-bond acceptors (Lipinski definition) is 1. The van der Waals surface area contributed by atoms with Gasteiger partial charge in [-0.1, -0.05) is 46.3 Å². The van der Waals surface area contributed by atoms with Crippen molar-refractivity contribution in [3.63, 3.8) is 0 Å². The van der Waals surface area contributed by atoms with Gasteiger partial charge in [-0.05, 0) is 49.1 Å². The fraction of sp³-hybridized carbons (Fsp3) is 0.235. The maximum Gasteiger partial charge on any atom is 0.251 e. The fourth-order valence-corrected chi connectivity index (χ4v) is 2.72. The van der Waals surface area contributed by atoms with Gasteiger partial charge in [-0.3, -0.25) is 4.79 Å². The van der Waals surface area contributed by atoms with Crippen LogP contribution in [0.15, 0.2) is 53.0 Å². The molecule has 0 fully saturated rings. The van der Waals surface area contributed by atoms with Gasteiger partial charge < -0.3 is 5.32 Å². The molecule has 2 nitrogen and oxygen atoms in total. The Labute approximate surface area is 128 Å². The Morgan fingerprint density at radius 3 is 2.60 bits per heavy atom. The van der Waals surface area contributed by atoms with Crippen molar-refractivity contribution in [2.75, 3.05) is 6.54 Å². The Balaban J connectivity index is 1.80. The molecule has 0 bridgehead atoms. The Hall–Kier alpha value is -1.61. The zero-order valence-corrected chi connectivity index (χ0v) is 13.1. The predicted molar refractivity (Wildman–Crippen MR) is 86.0 cm³/mol. The van der Waals surface area contributed by atoms with Crippen LogP contribution in [-0.2, 0) is 6.42 Å². The first kappa shape index (κ1) is 14.8. The molecule has 0 saturated heterocycles. The fourth-order valence-electron chi connectivity index (χ4n) is 2.11. The molecule has 1 N–H and O–H groups in total. The maximum atomic E-state index is 12.0. The van der Waals surface area contributed by atoms with Crippen LogP contribution in [0.1, 0.15) is 27.9 Å². The van der Waals surface area contributed by atoms with Crippen LogP contribution in [0.5, 0.6) is 0 Å². The van der Waals surface area contributed by atoms with Gasteiger partial charge in [-0.25, -0.2) is 0 Å². The van der Waals surface area contributed by atoms with Gasteiger partial charge in [0.15, 0.2) is 0 Å². The number of nitrogens with one attached hydrogen (secondary N) is 1. The highest BCUT2D eigenvalue weighted by Crippen LogP contribution is 2.15. The molecule has 0 atom stereocenters. The van der Waals surface area contributed by atoms with Crippen LogP contribution in [0, 0.1) is 6.92 Å². The van der Waals surface area contributed by atoms with Crippen molar-refractivity contribution in [3.05, 3.63) is 69.7 Å². The van der Waals surface area contributed by atoms with Crippen molar-refractivity contribution in [1.29, 1.82) is 0 Å². The van der Waals surface area contributed by atoms with Gasteiger partial charge in [0.1, 0.15) is 0 Å². The van der Waals surface area contributed by atoms with Crippen LogP contribution in [0.2, 0.25) is 0 Å². The molecule has 0 heterocycles. The van der Waals surface area contributed by atoms with Crippen molar-refractivity contribution >= 4 is 21.8 Å². The molecular formula is C17H18BrNO. The maximum absolute atomic E-state index is 12.0. The van der Waals surface area contributed by atoms with E-state index >= 15 is 0 Å². The van der Waals surface area contributed by atoms with Crippen LogP contribution in [0.3, 0.4) is 0 Å². The van der Waals surface area contributed by atoms with Crippen molar-refractivity contribution in [3.8, 4) is 0 Å². The summed E-state index contributed by atoms with van der Waals surface area (Å²) in [7, 11) is 0. The average molecular weight is 332 g/mol. The molecule has 0 aliphatic heterocycles. The largest absolute Gasteiger partial charge is 0.352 e. The van der Waals surface area contributed by atoms with E-state index in [0.29, 0.717) is 12.1 Å². The molecule has 104 valence electrons. The van der Waals surface area contributed by atoms with E-state index in [0.717, 1.165) is 22.9 Å². The first-order chi connectivity index (χ1) is 9.65. The van der Waals surface area contributed by atoms with E-state index in [9.17, 15) is 4.79 Å². The third-order valence-electron chi connectivity index (χ3n) is 3.07. The zero-order chi connectivity index (χ0) is 14.4. The van der Waals surface area contributed by atoms with Crippen LogP contribution < -0.4 is 5.32 Å². The first-order valence-corrected chi connectivity index (χ1v) is 7.54. The lowest BCUT2D eigenvalue weighted by atomic mass is 10.1. The summed E-state index contributed by atoms with van der Waals surface area (Å²) in [6, 6.07) is 16.1. The molecule has 0 radical (unpaired) electrons. The number of carbonyl (C=O) groups is 1. The van der Waals surface area contributed by atoms with Crippen molar-refractivity contribution < 1.29 is 4.79 Å². The van der Waals surface area contributed by atoms with Gasteiger partial charge in [-0.2, -0.15) is 0 Å². The molecule has 1 amide bonds. The quantitative estimate of drug-likeness (QED) is 0.820. The summed E-state index contributed by atoms with van der Waals surface area (Å²) in [5.74, 6) is -0.0116. The Morgan fingerprint density at radius 1 is 1.15 bits per heavy atom. The van der Waals surface area contributed by atoms with Crippen LogP contribution in [0.25, 0.3) is 0 Å². The van der Waals surface area contributed by atoms with E-state index in [1.165, 1.54) is 5.56 Å². The molecule has 3 heteroatoms. The first-order valence-electron chi connectivity index (χ1n) is 6.74. The molecule has 0 aliphatic rings. The summed E-state index contributed by atoms with van der Waals surface area (Å²) in [4.78, 5) is 12.0. The third kappa shape index (κ3) is 4.49. The van der Waals surface area contributed by atoms with Gasteiger partial charge in [-0.15, -0.1) is 0 Å². The second kappa shape index (κ2) is 7.25. The van der Waals surface area contributed by atoms with E-state index < -0.39 is 0 Å². The number of hydrogen-bond donors (Lipinski definition) is 1. The van der Waals surface area contributed by atoms with Crippen molar-refractivity contribution in [2.45, 2.75) is 19.8 Å². The Morgan fingerprint density at radius 2 is 1.90 bits per heavy atom. The molecule has 0 aliphatic carbocycles. The molecule has 0 saturated carbocycles. The highest BCUT2D eigenvalue weighted by Gasteiger charge is 2.06. The number of amides is 1. The minimum atomic E-state index is -0.0116. The lowest BCUT2D eigenvalue weighted by molar-refractivity contribution is 0.0953. The van der Waals surface area contributed by atoms with E-state index in [2.05, 4.69) is 33.4 Å². The van der Waals surface area contributed by atoms with E-state index in [1.54, 1.807) is 0 Å². The molecule has 2 rings (SSSR count). The minimum Gasteiger partial charge on any atom is -0.352 e. The molecule has 2 aromatic rings. The minimum absolute atomic E-state index is 0.0116. The smallest absolute Gasteiger partial charge is 0.251 e. The van der Waals surface area contributed by atoms with Crippen molar-refractivity contribution in [2.24, 2.45) is 0 Å². The standard InChI is InChI=1S/C17H18BrNO/c1-13-10-15(12-16(18)11-13)17(20)19-9-5-8-14-6-3-2-4-7-14/h2-4,6-7,10-12H,5,8-9H2,1H3,(H,19,20). The lowest BCUT2D eigenvalue weighted by Gasteiger charge is -2.07. The molecule has 20 heavy (non-hydrogen) atoms. The third-order valence-corrected chi connectivity index (χ3v) is 3.53. The molecule has 2 aromatic carbocycles. The highest BCUT2D eigenvalue weighted by atomic mass is 79.9. The zero-order valence-electron chi connectivity index (χ0n) is 11.5.